The molecule has 2 nitrogen and oxygen atoms in total. The van der Waals surface area contributed by atoms with Crippen molar-refractivity contribution >= 4 is 0 Å². The molecule has 1 atom stereocenters. The van der Waals surface area contributed by atoms with Crippen molar-refractivity contribution in [2.75, 3.05) is 0 Å². The highest BCUT2D eigenvalue weighted by Crippen LogP contribution is 2.40. The van der Waals surface area contributed by atoms with Crippen molar-refractivity contribution in [1.29, 1.82) is 0 Å². The lowest BCUT2D eigenvalue weighted by Crippen LogP contribution is -2.49. The average Bonchev–Trinajstić information content (AvgIpc) is 2.61. The van der Waals surface area contributed by atoms with Gasteiger partial charge in [-0.2, -0.15) is 0 Å². The zero-order valence-electron chi connectivity index (χ0n) is 9.79. The summed E-state index contributed by atoms with van der Waals surface area (Å²) < 4.78 is 0. The standard InChI is InChI=1S/C14H19NO/c1-14(8-3-9-14)15-12-7-6-11-10(12)4-2-5-13(11)16/h2,4-5,12,15-16H,3,6-9H2,1H3. The Labute approximate surface area is 96.7 Å². The number of hydrogen-bond donors (Lipinski definition) is 2. The van der Waals surface area contributed by atoms with Crippen LogP contribution in [0.15, 0.2) is 18.2 Å². The van der Waals surface area contributed by atoms with Gasteiger partial charge in [-0.15, -0.1) is 0 Å². The summed E-state index contributed by atoms with van der Waals surface area (Å²) in [7, 11) is 0. The van der Waals surface area contributed by atoms with E-state index in [9.17, 15) is 5.11 Å². The summed E-state index contributed by atoms with van der Waals surface area (Å²) in [5.41, 5.74) is 2.81. The predicted molar refractivity (Wildman–Crippen MR) is 64.6 cm³/mol. The average molecular weight is 217 g/mol. The number of rotatable bonds is 2. The normalized spacial score (nSPS) is 26.2. The number of fused-ring (bicyclic) bond motifs is 1. The molecular formula is C14H19NO. The van der Waals surface area contributed by atoms with Gasteiger partial charge in [-0.05, 0) is 56.2 Å². The van der Waals surface area contributed by atoms with Gasteiger partial charge in [0.05, 0.1) is 0 Å². The molecule has 0 amide bonds. The van der Waals surface area contributed by atoms with Gasteiger partial charge in [-0.25, -0.2) is 0 Å². The number of aromatic hydroxyl groups is 1. The molecule has 1 saturated carbocycles. The van der Waals surface area contributed by atoms with Crippen LogP contribution in [0.3, 0.4) is 0 Å². The maximum absolute atomic E-state index is 9.79. The van der Waals surface area contributed by atoms with E-state index in [1.165, 1.54) is 24.8 Å². The predicted octanol–water partition coefficient (Wildman–Crippen LogP) is 2.91. The van der Waals surface area contributed by atoms with E-state index in [2.05, 4.69) is 18.3 Å². The van der Waals surface area contributed by atoms with Gasteiger partial charge in [0, 0.05) is 11.6 Å². The lowest BCUT2D eigenvalue weighted by atomic mass is 9.78. The van der Waals surface area contributed by atoms with Gasteiger partial charge in [0.25, 0.3) is 0 Å². The Morgan fingerprint density at radius 2 is 2.19 bits per heavy atom. The highest BCUT2D eigenvalue weighted by molar-refractivity contribution is 5.44. The summed E-state index contributed by atoms with van der Waals surface area (Å²) in [6, 6.07) is 6.36. The quantitative estimate of drug-likeness (QED) is 0.798. The molecular weight excluding hydrogens is 198 g/mol. The van der Waals surface area contributed by atoms with Crippen molar-refractivity contribution in [1.82, 2.24) is 5.32 Å². The minimum absolute atomic E-state index is 0.345. The summed E-state index contributed by atoms with van der Waals surface area (Å²) in [4.78, 5) is 0. The summed E-state index contributed by atoms with van der Waals surface area (Å²) in [6.45, 7) is 2.32. The molecule has 0 bridgehead atoms. The number of nitrogens with one attached hydrogen (secondary N) is 1. The fourth-order valence-corrected chi connectivity index (χ4v) is 3.06. The van der Waals surface area contributed by atoms with E-state index in [4.69, 9.17) is 0 Å². The fraction of sp³-hybridized carbons (Fsp3) is 0.571. The zero-order chi connectivity index (χ0) is 11.2. The third-order valence-electron chi connectivity index (χ3n) is 4.23. The fourth-order valence-electron chi connectivity index (χ4n) is 3.06. The first-order chi connectivity index (χ1) is 7.68. The molecule has 2 aliphatic carbocycles. The van der Waals surface area contributed by atoms with E-state index in [-0.39, 0.29) is 0 Å². The molecule has 2 N–H and O–H groups in total. The van der Waals surface area contributed by atoms with Gasteiger partial charge >= 0.3 is 0 Å². The van der Waals surface area contributed by atoms with Crippen LogP contribution in [0.4, 0.5) is 0 Å². The molecule has 1 fully saturated rings. The maximum Gasteiger partial charge on any atom is 0.119 e. The highest BCUT2D eigenvalue weighted by Gasteiger charge is 2.36. The van der Waals surface area contributed by atoms with Crippen LogP contribution in [0.2, 0.25) is 0 Å². The van der Waals surface area contributed by atoms with Gasteiger partial charge in [-0.3, -0.25) is 0 Å². The number of hydrogen-bond acceptors (Lipinski definition) is 2. The SMILES string of the molecule is CC1(NC2CCc3c(O)cccc32)CCC1. The molecule has 0 spiro atoms. The number of phenolic OH excluding ortho intramolecular Hbond substituents is 1. The molecule has 0 saturated heterocycles. The molecule has 1 unspecified atom stereocenters. The van der Waals surface area contributed by atoms with Crippen LogP contribution >= 0.6 is 0 Å². The van der Waals surface area contributed by atoms with Gasteiger partial charge in [0.2, 0.25) is 0 Å². The van der Waals surface area contributed by atoms with E-state index in [0.717, 1.165) is 18.4 Å². The second kappa shape index (κ2) is 3.49. The van der Waals surface area contributed by atoms with Crippen molar-refractivity contribution < 1.29 is 5.11 Å². The number of benzene rings is 1. The molecule has 0 heterocycles. The monoisotopic (exact) mass is 217 g/mol. The van der Waals surface area contributed by atoms with Crippen LogP contribution in [0.5, 0.6) is 5.75 Å². The van der Waals surface area contributed by atoms with Crippen molar-refractivity contribution in [2.24, 2.45) is 0 Å². The first-order valence-corrected chi connectivity index (χ1v) is 6.26. The molecule has 2 aliphatic rings. The van der Waals surface area contributed by atoms with Crippen molar-refractivity contribution in [3.8, 4) is 5.75 Å². The Morgan fingerprint density at radius 3 is 2.88 bits per heavy atom. The third-order valence-corrected chi connectivity index (χ3v) is 4.23. The highest BCUT2D eigenvalue weighted by atomic mass is 16.3. The second-order valence-corrected chi connectivity index (χ2v) is 5.49. The first-order valence-electron chi connectivity index (χ1n) is 6.26. The largest absolute Gasteiger partial charge is 0.508 e. The van der Waals surface area contributed by atoms with Crippen LogP contribution in [0.25, 0.3) is 0 Å². The molecule has 1 aromatic carbocycles. The van der Waals surface area contributed by atoms with E-state index < -0.39 is 0 Å². The lowest BCUT2D eigenvalue weighted by Gasteiger charge is -2.42. The number of phenols is 1. The Morgan fingerprint density at radius 1 is 1.38 bits per heavy atom. The minimum Gasteiger partial charge on any atom is -0.508 e. The summed E-state index contributed by atoms with van der Waals surface area (Å²) in [6.07, 6.45) is 6.07. The molecule has 0 aliphatic heterocycles. The van der Waals surface area contributed by atoms with Crippen LogP contribution < -0.4 is 5.32 Å². The Bertz CT molecular complexity index is 409. The van der Waals surface area contributed by atoms with Crippen molar-refractivity contribution in [3.05, 3.63) is 29.3 Å². The van der Waals surface area contributed by atoms with Crippen molar-refractivity contribution in [2.45, 2.75) is 50.6 Å². The third kappa shape index (κ3) is 1.52. The lowest BCUT2D eigenvalue weighted by molar-refractivity contribution is 0.185. The smallest absolute Gasteiger partial charge is 0.119 e. The first kappa shape index (κ1) is 10.2. The van der Waals surface area contributed by atoms with Crippen LogP contribution in [0, 0.1) is 0 Å². The second-order valence-electron chi connectivity index (χ2n) is 5.49. The Kier molecular flexibility index (Phi) is 2.21. The minimum atomic E-state index is 0.345. The summed E-state index contributed by atoms with van der Waals surface area (Å²) >= 11 is 0. The van der Waals surface area contributed by atoms with Crippen LogP contribution in [-0.2, 0) is 6.42 Å². The van der Waals surface area contributed by atoms with Crippen molar-refractivity contribution in [3.63, 3.8) is 0 Å². The van der Waals surface area contributed by atoms with E-state index in [1.54, 1.807) is 6.07 Å². The molecule has 86 valence electrons. The van der Waals surface area contributed by atoms with Gasteiger partial charge in [0.15, 0.2) is 0 Å². The summed E-state index contributed by atoms with van der Waals surface area (Å²) in [5.74, 6) is 0.473. The molecule has 2 heteroatoms. The maximum atomic E-state index is 9.79. The molecule has 16 heavy (non-hydrogen) atoms. The van der Waals surface area contributed by atoms with Crippen LogP contribution in [-0.4, -0.2) is 10.6 Å². The molecule has 3 rings (SSSR count). The Balaban J connectivity index is 1.83. The van der Waals surface area contributed by atoms with Crippen LogP contribution in [0.1, 0.15) is 49.8 Å². The topological polar surface area (TPSA) is 32.3 Å². The van der Waals surface area contributed by atoms with Gasteiger partial charge < -0.3 is 10.4 Å². The van der Waals surface area contributed by atoms with Gasteiger partial charge in [0.1, 0.15) is 5.75 Å². The van der Waals surface area contributed by atoms with E-state index in [0.29, 0.717) is 17.3 Å². The molecule has 0 radical (unpaired) electrons. The zero-order valence-corrected chi connectivity index (χ0v) is 9.79. The Hall–Kier alpha value is -1.02. The summed E-state index contributed by atoms with van der Waals surface area (Å²) in [5, 5.41) is 13.6. The molecule has 0 aromatic heterocycles. The molecule has 1 aromatic rings. The van der Waals surface area contributed by atoms with E-state index >= 15 is 0 Å². The van der Waals surface area contributed by atoms with E-state index in [1.807, 2.05) is 6.07 Å². The van der Waals surface area contributed by atoms with Gasteiger partial charge in [-0.1, -0.05) is 12.1 Å².